The number of H-pyrrole nitrogens is 1. The van der Waals surface area contributed by atoms with Crippen LogP contribution in [-0.4, -0.2) is 42.5 Å². The van der Waals surface area contributed by atoms with E-state index in [0.717, 1.165) is 17.9 Å². The van der Waals surface area contributed by atoms with Crippen LogP contribution in [-0.2, 0) is 11.2 Å². The van der Waals surface area contributed by atoms with Crippen LogP contribution in [0.3, 0.4) is 0 Å². The number of benzene rings is 2. The van der Waals surface area contributed by atoms with Crippen molar-refractivity contribution in [3.8, 4) is 5.75 Å². The van der Waals surface area contributed by atoms with E-state index in [0.29, 0.717) is 12.6 Å². The lowest BCUT2D eigenvalue weighted by Gasteiger charge is -2.39. The third-order valence-electron chi connectivity index (χ3n) is 5.96. The molecule has 0 spiro atoms. The quantitative estimate of drug-likeness (QED) is 0.736. The van der Waals surface area contributed by atoms with Crippen molar-refractivity contribution in [2.24, 2.45) is 5.92 Å². The van der Waals surface area contributed by atoms with Gasteiger partial charge in [-0.05, 0) is 60.5 Å². The number of aromatic amines is 1. The van der Waals surface area contributed by atoms with Gasteiger partial charge in [-0.25, -0.2) is 0 Å². The minimum Gasteiger partial charge on any atom is -0.497 e. The fourth-order valence-corrected chi connectivity index (χ4v) is 4.52. The molecular formula is C23H23N3O2. The first-order valence-corrected chi connectivity index (χ1v) is 9.60. The van der Waals surface area contributed by atoms with E-state index in [9.17, 15) is 4.79 Å². The largest absolute Gasteiger partial charge is 0.497 e. The number of hydrogen-bond acceptors (Lipinski definition) is 3. The second kappa shape index (κ2) is 6.53. The lowest BCUT2D eigenvalue weighted by molar-refractivity contribution is -0.119. The molecule has 5 rings (SSSR count). The van der Waals surface area contributed by atoms with Crippen LogP contribution in [0.5, 0.6) is 5.75 Å². The number of anilines is 1. The summed E-state index contributed by atoms with van der Waals surface area (Å²) in [5.74, 6) is 0.613. The molecule has 1 aliphatic heterocycles. The van der Waals surface area contributed by atoms with E-state index in [1.165, 1.54) is 27.6 Å². The number of likely N-dealkylation sites (N-methyl/N-ethyl adjacent to an activating group) is 1. The maximum Gasteiger partial charge on any atom is 0.232 e. The number of nitrogens with zero attached hydrogens (tertiary/aromatic N) is 1. The molecule has 0 bridgehead atoms. The van der Waals surface area contributed by atoms with Gasteiger partial charge in [-0.3, -0.25) is 9.69 Å². The highest BCUT2D eigenvalue weighted by molar-refractivity contribution is 6.01. The Morgan fingerprint density at radius 3 is 2.82 bits per heavy atom. The number of rotatable bonds is 3. The summed E-state index contributed by atoms with van der Waals surface area (Å²) in [4.78, 5) is 18.7. The Hall–Kier alpha value is -3.05. The number of hydrogen-bond donors (Lipinski definition) is 2. The molecule has 142 valence electrons. The van der Waals surface area contributed by atoms with Gasteiger partial charge in [-0.2, -0.15) is 0 Å². The van der Waals surface area contributed by atoms with Crippen LogP contribution in [0.2, 0.25) is 0 Å². The molecule has 2 N–H and O–H groups in total. The van der Waals surface area contributed by atoms with Crippen molar-refractivity contribution in [1.29, 1.82) is 0 Å². The molecule has 1 aromatic heterocycles. The van der Waals surface area contributed by atoms with Gasteiger partial charge in [0.15, 0.2) is 0 Å². The van der Waals surface area contributed by atoms with Crippen molar-refractivity contribution >= 4 is 28.1 Å². The van der Waals surface area contributed by atoms with Crippen molar-refractivity contribution < 1.29 is 9.53 Å². The molecule has 2 heterocycles. The molecule has 0 saturated carbocycles. The summed E-state index contributed by atoms with van der Waals surface area (Å²) >= 11 is 0. The summed E-state index contributed by atoms with van der Waals surface area (Å²) in [6.07, 6.45) is 5.28. The fourth-order valence-electron chi connectivity index (χ4n) is 4.52. The van der Waals surface area contributed by atoms with Gasteiger partial charge in [0.1, 0.15) is 5.75 Å². The number of aromatic nitrogens is 1. The predicted molar refractivity (Wildman–Crippen MR) is 112 cm³/mol. The minimum atomic E-state index is -0.186. The zero-order chi connectivity index (χ0) is 19.3. The average Bonchev–Trinajstić information content (AvgIpc) is 3.13. The first-order valence-electron chi connectivity index (χ1n) is 9.60. The van der Waals surface area contributed by atoms with E-state index in [2.05, 4.69) is 52.7 Å². The lowest BCUT2D eigenvalue weighted by atomic mass is 9.80. The highest BCUT2D eigenvalue weighted by Gasteiger charge is 2.35. The molecule has 0 saturated heterocycles. The van der Waals surface area contributed by atoms with E-state index < -0.39 is 0 Å². The zero-order valence-corrected chi connectivity index (χ0v) is 16.0. The molecule has 2 aromatic carbocycles. The van der Waals surface area contributed by atoms with Crippen LogP contribution in [0.1, 0.15) is 11.1 Å². The number of nitrogens with one attached hydrogen (secondary N) is 2. The third kappa shape index (κ3) is 2.70. The fraction of sp³-hybridized carbons (Fsp3) is 0.261. The third-order valence-corrected chi connectivity index (χ3v) is 5.96. The van der Waals surface area contributed by atoms with E-state index >= 15 is 0 Å². The number of amides is 1. The molecule has 1 amide bonds. The summed E-state index contributed by atoms with van der Waals surface area (Å²) in [7, 11) is 3.75. The first-order chi connectivity index (χ1) is 13.6. The summed E-state index contributed by atoms with van der Waals surface area (Å²) < 4.78 is 5.18. The van der Waals surface area contributed by atoms with E-state index in [-0.39, 0.29) is 11.8 Å². The molecular weight excluding hydrogens is 350 g/mol. The molecule has 2 aliphatic rings. The number of carbonyl (C=O) groups is 1. The predicted octanol–water partition coefficient (Wildman–Crippen LogP) is 3.68. The van der Waals surface area contributed by atoms with E-state index in [4.69, 9.17) is 4.74 Å². The molecule has 0 radical (unpaired) electrons. The number of methoxy groups -OCH3 is 1. The smallest absolute Gasteiger partial charge is 0.232 e. The monoisotopic (exact) mass is 373 g/mol. The Morgan fingerprint density at radius 2 is 2.04 bits per heavy atom. The van der Waals surface area contributed by atoms with Crippen molar-refractivity contribution in [2.75, 3.05) is 26.0 Å². The van der Waals surface area contributed by atoms with Gasteiger partial charge in [0.05, 0.1) is 13.0 Å². The SMILES string of the molecule is COc1ccc(NC(=O)[C@@H]2C=C3c4cccc5[nH]cc(c45)C[C@H]3N(C)C2)cc1. The topological polar surface area (TPSA) is 57.4 Å². The van der Waals surface area contributed by atoms with Crippen LogP contribution in [0, 0.1) is 5.92 Å². The number of ether oxygens (including phenoxy) is 1. The van der Waals surface area contributed by atoms with Gasteiger partial charge >= 0.3 is 0 Å². The van der Waals surface area contributed by atoms with Crippen LogP contribution < -0.4 is 10.1 Å². The van der Waals surface area contributed by atoms with Gasteiger partial charge in [0.2, 0.25) is 5.91 Å². The zero-order valence-electron chi connectivity index (χ0n) is 16.0. The Balaban J connectivity index is 1.47. The van der Waals surface area contributed by atoms with E-state index in [1.807, 2.05) is 24.3 Å². The second-order valence-electron chi connectivity index (χ2n) is 7.65. The Bertz CT molecular complexity index is 1080. The van der Waals surface area contributed by atoms with Crippen molar-refractivity contribution in [1.82, 2.24) is 9.88 Å². The lowest BCUT2D eigenvalue weighted by Crippen LogP contribution is -2.45. The molecule has 2 atom stereocenters. The molecule has 1 aliphatic carbocycles. The first kappa shape index (κ1) is 17.1. The van der Waals surface area contributed by atoms with Gasteiger partial charge in [-0.15, -0.1) is 0 Å². The summed E-state index contributed by atoms with van der Waals surface area (Å²) in [6, 6.07) is 14.1. The maximum atomic E-state index is 13.0. The van der Waals surface area contributed by atoms with Crippen molar-refractivity contribution in [2.45, 2.75) is 12.5 Å². The number of carbonyl (C=O) groups excluding carboxylic acids is 1. The van der Waals surface area contributed by atoms with Gasteiger partial charge in [0, 0.05) is 35.4 Å². The van der Waals surface area contributed by atoms with E-state index in [1.54, 1.807) is 7.11 Å². The highest BCUT2D eigenvalue weighted by Crippen LogP contribution is 2.40. The van der Waals surface area contributed by atoms with Crippen LogP contribution in [0.4, 0.5) is 5.69 Å². The van der Waals surface area contributed by atoms with Crippen molar-refractivity contribution in [3.63, 3.8) is 0 Å². The second-order valence-corrected chi connectivity index (χ2v) is 7.65. The maximum absolute atomic E-state index is 13.0. The Morgan fingerprint density at radius 1 is 1.21 bits per heavy atom. The average molecular weight is 373 g/mol. The highest BCUT2D eigenvalue weighted by atomic mass is 16.5. The normalized spacial score (nSPS) is 21.1. The molecule has 5 heteroatoms. The summed E-state index contributed by atoms with van der Waals surface area (Å²) in [6.45, 7) is 0.714. The Kier molecular flexibility index (Phi) is 3.98. The van der Waals surface area contributed by atoms with Crippen molar-refractivity contribution in [3.05, 3.63) is 65.9 Å². The summed E-state index contributed by atoms with van der Waals surface area (Å²) in [5.41, 5.74) is 5.83. The standard InChI is InChI=1S/C23H23N3O2/c1-26-13-15(23(27)25-16-6-8-17(28-2)9-7-16)10-19-18-4-3-5-20-22(18)14(12-24-20)11-21(19)26/h3-10,12,15,21,24H,11,13H2,1-2H3,(H,25,27)/t15-,21-/m1/s1. The molecule has 0 unspecified atom stereocenters. The molecule has 5 nitrogen and oxygen atoms in total. The van der Waals surface area contributed by atoms with Crippen LogP contribution in [0.15, 0.2) is 54.7 Å². The Labute approximate surface area is 164 Å². The van der Waals surface area contributed by atoms with Crippen LogP contribution in [0.25, 0.3) is 16.5 Å². The molecule has 0 fully saturated rings. The molecule has 28 heavy (non-hydrogen) atoms. The van der Waals surface area contributed by atoms with Gasteiger partial charge in [-0.1, -0.05) is 18.2 Å². The molecule has 3 aromatic rings. The van der Waals surface area contributed by atoms with Gasteiger partial charge in [0.25, 0.3) is 0 Å². The van der Waals surface area contributed by atoms with Crippen LogP contribution >= 0.6 is 0 Å². The van der Waals surface area contributed by atoms with Gasteiger partial charge < -0.3 is 15.0 Å². The minimum absolute atomic E-state index is 0.0232. The number of fused-ring (bicyclic) bond motifs is 2. The summed E-state index contributed by atoms with van der Waals surface area (Å²) in [5, 5.41) is 4.35.